The van der Waals surface area contributed by atoms with Crippen molar-refractivity contribution in [2.45, 2.75) is 4.90 Å². The quantitative estimate of drug-likeness (QED) is 0.632. The van der Waals surface area contributed by atoms with Crippen LogP contribution >= 0.6 is 0 Å². The second-order valence-electron chi connectivity index (χ2n) is 6.73. The molecule has 3 aromatic rings. The molecule has 1 aliphatic heterocycles. The fourth-order valence-corrected chi connectivity index (χ4v) is 4.75. The van der Waals surface area contributed by atoms with Crippen LogP contribution in [0.3, 0.4) is 0 Å². The first-order valence-corrected chi connectivity index (χ1v) is 10.6. The molecule has 156 valence electrons. The molecule has 1 aromatic heterocycles. The molecule has 0 radical (unpaired) electrons. The fraction of sp³-hybridized carbons (Fsp3) is 0.200. The SMILES string of the molecule is O=S(=O)(c1ccc(F)cc1F)N1CCN(c2cc(-c3ccc(F)cc3)ncn2)CC1. The minimum atomic E-state index is -4.07. The second kappa shape index (κ2) is 8.04. The predicted octanol–water partition coefficient (Wildman–Crippen LogP) is 3.07. The van der Waals surface area contributed by atoms with Gasteiger partial charge >= 0.3 is 0 Å². The van der Waals surface area contributed by atoms with E-state index in [9.17, 15) is 21.6 Å². The summed E-state index contributed by atoms with van der Waals surface area (Å²) in [6.45, 7) is 0.911. The van der Waals surface area contributed by atoms with Crippen LogP contribution in [0.15, 0.2) is 59.8 Å². The summed E-state index contributed by atoms with van der Waals surface area (Å²) in [5, 5.41) is 0. The standard InChI is InChI=1S/C20H17F3N4O2S/c21-15-3-1-14(2-4-15)18-12-20(25-13-24-18)26-7-9-27(10-8-26)30(28,29)19-6-5-16(22)11-17(19)23/h1-6,11-13H,7-10H2. The zero-order valence-corrected chi connectivity index (χ0v) is 16.5. The maximum Gasteiger partial charge on any atom is 0.246 e. The van der Waals surface area contributed by atoms with E-state index in [0.717, 1.165) is 17.7 Å². The first kappa shape index (κ1) is 20.3. The topological polar surface area (TPSA) is 66.4 Å². The van der Waals surface area contributed by atoms with Gasteiger partial charge in [0, 0.05) is 43.9 Å². The van der Waals surface area contributed by atoms with Crippen LogP contribution in [0, 0.1) is 17.5 Å². The van der Waals surface area contributed by atoms with Crippen molar-refractivity contribution < 1.29 is 21.6 Å². The highest BCUT2D eigenvalue weighted by Gasteiger charge is 2.31. The van der Waals surface area contributed by atoms with Crippen molar-refractivity contribution in [1.29, 1.82) is 0 Å². The normalized spacial score (nSPS) is 15.4. The Morgan fingerprint density at radius 1 is 0.800 bits per heavy atom. The van der Waals surface area contributed by atoms with Gasteiger partial charge in [-0.05, 0) is 36.4 Å². The molecule has 1 saturated heterocycles. The van der Waals surface area contributed by atoms with Crippen LogP contribution in [0.2, 0.25) is 0 Å². The maximum absolute atomic E-state index is 14.0. The van der Waals surface area contributed by atoms with E-state index >= 15 is 0 Å². The van der Waals surface area contributed by atoms with E-state index in [1.807, 2.05) is 4.90 Å². The van der Waals surface area contributed by atoms with E-state index in [4.69, 9.17) is 0 Å². The lowest BCUT2D eigenvalue weighted by Crippen LogP contribution is -2.49. The number of halogens is 3. The summed E-state index contributed by atoms with van der Waals surface area (Å²) in [6, 6.07) is 10.1. The fourth-order valence-electron chi connectivity index (χ4n) is 3.28. The van der Waals surface area contributed by atoms with E-state index in [1.165, 1.54) is 22.8 Å². The monoisotopic (exact) mass is 434 g/mol. The van der Waals surface area contributed by atoms with Crippen LogP contribution in [0.5, 0.6) is 0 Å². The third kappa shape index (κ3) is 4.01. The molecule has 0 amide bonds. The Morgan fingerprint density at radius 3 is 2.13 bits per heavy atom. The summed E-state index contributed by atoms with van der Waals surface area (Å²) in [7, 11) is -4.07. The van der Waals surface area contributed by atoms with Crippen molar-refractivity contribution in [3.63, 3.8) is 0 Å². The lowest BCUT2D eigenvalue weighted by atomic mass is 10.1. The van der Waals surface area contributed by atoms with Gasteiger partial charge in [0.2, 0.25) is 10.0 Å². The van der Waals surface area contributed by atoms with Crippen LogP contribution in [0.4, 0.5) is 19.0 Å². The van der Waals surface area contributed by atoms with Crippen LogP contribution in [-0.4, -0.2) is 48.9 Å². The molecule has 0 saturated carbocycles. The number of aromatic nitrogens is 2. The summed E-state index contributed by atoms with van der Waals surface area (Å²) in [5.74, 6) is -1.69. The van der Waals surface area contributed by atoms with Gasteiger partial charge in [0.15, 0.2) is 0 Å². The summed E-state index contributed by atoms with van der Waals surface area (Å²) in [5.41, 5.74) is 1.34. The van der Waals surface area contributed by atoms with Crippen LogP contribution in [-0.2, 0) is 10.0 Å². The van der Waals surface area contributed by atoms with Gasteiger partial charge in [-0.25, -0.2) is 31.6 Å². The Bertz CT molecular complexity index is 1160. The molecule has 0 aliphatic carbocycles. The minimum absolute atomic E-state index is 0.120. The second-order valence-corrected chi connectivity index (χ2v) is 8.64. The van der Waals surface area contributed by atoms with Crippen LogP contribution in [0.1, 0.15) is 0 Å². The number of benzene rings is 2. The van der Waals surface area contributed by atoms with E-state index < -0.39 is 26.6 Å². The van der Waals surface area contributed by atoms with Crippen molar-refractivity contribution in [3.05, 3.63) is 72.3 Å². The smallest absolute Gasteiger partial charge is 0.246 e. The molecule has 10 heteroatoms. The predicted molar refractivity (Wildman–Crippen MR) is 105 cm³/mol. The van der Waals surface area contributed by atoms with Gasteiger partial charge in [-0.2, -0.15) is 4.31 Å². The number of hydrogen-bond donors (Lipinski definition) is 0. The van der Waals surface area contributed by atoms with Crippen molar-refractivity contribution in [3.8, 4) is 11.3 Å². The van der Waals surface area contributed by atoms with Gasteiger partial charge in [0.05, 0.1) is 5.69 Å². The number of rotatable bonds is 4. The van der Waals surface area contributed by atoms with Crippen molar-refractivity contribution in [1.82, 2.24) is 14.3 Å². The number of hydrogen-bond acceptors (Lipinski definition) is 5. The third-order valence-electron chi connectivity index (χ3n) is 4.87. The molecule has 0 N–H and O–H groups in total. The molecule has 0 bridgehead atoms. The van der Waals surface area contributed by atoms with Gasteiger partial charge in [-0.15, -0.1) is 0 Å². The number of piperazine rings is 1. The molecule has 2 heterocycles. The first-order valence-electron chi connectivity index (χ1n) is 9.13. The Labute approximate surface area is 171 Å². The average Bonchev–Trinajstić information content (AvgIpc) is 2.74. The molecular weight excluding hydrogens is 417 g/mol. The lowest BCUT2D eigenvalue weighted by molar-refractivity contribution is 0.381. The van der Waals surface area contributed by atoms with Gasteiger partial charge in [0.1, 0.15) is 34.5 Å². The first-order chi connectivity index (χ1) is 14.3. The van der Waals surface area contributed by atoms with Gasteiger partial charge in [-0.3, -0.25) is 0 Å². The van der Waals surface area contributed by atoms with E-state index in [1.54, 1.807) is 18.2 Å². The minimum Gasteiger partial charge on any atom is -0.354 e. The summed E-state index contributed by atoms with van der Waals surface area (Å²) < 4.78 is 66.8. The highest BCUT2D eigenvalue weighted by atomic mass is 32.2. The molecular formula is C20H17F3N4O2S. The zero-order chi connectivity index (χ0) is 21.3. The Hall–Kier alpha value is -2.98. The van der Waals surface area contributed by atoms with Crippen molar-refractivity contribution >= 4 is 15.8 Å². The molecule has 0 unspecified atom stereocenters. The Balaban J connectivity index is 1.49. The Morgan fingerprint density at radius 2 is 1.47 bits per heavy atom. The summed E-state index contributed by atoms with van der Waals surface area (Å²) >= 11 is 0. The van der Waals surface area contributed by atoms with Crippen LogP contribution < -0.4 is 4.90 Å². The lowest BCUT2D eigenvalue weighted by Gasteiger charge is -2.34. The number of sulfonamides is 1. The maximum atomic E-state index is 14.0. The van der Waals surface area contributed by atoms with Crippen LogP contribution in [0.25, 0.3) is 11.3 Å². The largest absolute Gasteiger partial charge is 0.354 e. The highest BCUT2D eigenvalue weighted by Crippen LogP contribution is 2.25. The van der Waals surface area contributed by atoms with Gasteiger partial charge < -0.3 is 4.90 Å². The van der Waals surface area contributed by atoms with E-state index in [-0.39, 0.29) is 18.9 Å². The summed E-state index contributed by atoms with van der Waals surface area (Å²) in [6.07, 6.45) is 1.39. The molecule has 1 aliphatic rings. The van der Waals surface area contributed by atoms with Gasteiger partial charge in [-0.1, -0.05) is 0 Å². The average molecular weight is 434 g/mol. The number of anilines is 1. The molecule has 0 spiro atoms. The zero-order valence-electron chi connectivity index (χ0n) is 15.7. The molecule has 6 nitrogen and oxygen atoms in total. The number of nitrogens with zero attached hydrogens (tertiary/aromatic N) is 4. The molecule has 0 atom stereocenters. The molecule has 4 rings (SSSR count). The molecule has 1 fully saturated rings. The van der Waals surface area contributed by atoms with Gasteiger partial charge in [0.25, 0.3) is 0 Å². The van der Waals surface area contributed by atoms with Crippen molar-refractivity contribution in [2.75, 3.05) is 31.1 Å². The molecule has 2 aromatic carbocycles. The third-order valence-corrected chi connectivity index (χ3v) is 6.80. The molecule has 30 heavy (non-hydrogen) atoms. The highest BCUT2D eigenvalue weighted by molar-refractivity contribution is 7.89. The summed E-state index contributed by atoms with van der Waals surface area (Å²) in [4.78, 5) is 9.80. The van der Waals surface area contributed by atoms with E-state index in [2.05, 4.69) is 9.97 Å². The van der Waals surface area contributed by atoms with E-state index in [0.29, 0.717) is 30.7 Å². The Kier molecular flexibility index (Phi) is 5.44. The van der Waals surface area contributed by atoms with Crippen molar-refractivity contribution in [2.24, 2.45) is 0 Å².